The van der Waals surface area contributed by atoms with Gasteiger partial charge in [0.15, 0.2) is 0 Å². The van der Waals surface area contributed by atoms with Crippen LogP contribution in [-0.4, -0.2) is 28.2 Å². The van der Waals surface area contributed by atoms with Crippen LogP contribution >= 0.6 is 0 Å². The summed E-state index contributed by atoms with van der Waals surface area (Å²) < 4.78 is 12.4. The molecule has 0 atom stereocenters. The summed E-state index contributed by atoms with van der Waals surface area (Å²) in [5.41, 5.74) is 1.90. The van der Waals surface area contributed by atoms with Crippen molar-refractivity contribution >= 4 is 5.97 Å². The zero-order valence-corrected chi connectivity index (χ0v) is 14.0. The Hall–Kier alpha value is -2.74. The predicted molar refractivity (Wildman–Crippen MR) is 87.6 cm³/mol. The molecule has 1 aromatic heterocycles. The van der Waals surface area contributed by atoms with E-state index in [0.717, 1.165) is 11.4 Å². The molecule has 0 saturated carbocycles. The summed E-state index contributed by atoms with van der Waals surface area (Å²) in [4.78, 5) is 15.8. The van der Waals surface area contributed by atoms with Gasteiger partial charge in [-0.25, -0.2) is 9.78 Å². The van der Waals surface area contributed by atoms with Crippen LogP contribution in [0.1, 0.15) is 32.0 Å². The van der Waals surface area contributed by atoms with E-state index in [2.05, 4.69) is 16.8 Å². The number of aryl methyl sites for hydroxylation is 1. The van der Waals surface area contributed by atoms with Crippen molar-refractivity contribution in [2.24, 2.45) is 0 Å². The van der Waals surface area contributed by atoms with E-state index in [1.54, 1.807) is 40.3 Å². The molecule has 120 valence electrons. The SMILES string of the molecule is COc1cc(C#CC(=O)OC(C)(C)C)ccc1-n1cnc(C)c1. The summed E-state index contributed by atoms with van der Waals surface area (Å²) in [5, 5.41) is 0. The van der Waals surface area contributed by atoms with E-state index in [1.807, 2.05) is 29.8 Å². The van der Waals surface area contributed by atoms with E-state index >= 15 is 0 Å². The summed E-state index contributed by atoms with van der Waals surface area (Å²) in [5.74, 6) is 5.38. The Morgan fingerprint density at radius 1 is 1.30 bits per heavy atom. The van der Waals surface area contributed by atoms with Crippen molar-refractivity contribution in [3.8, 4) is 23.3 Å². The van der Waals surface area contributed by atoms with Gasteiger partial charge in [0.1, 0.15) is 11.4 Å². The average Bonchev–Trinajstić information content (AvgIpc) is 2.89. The highest BCUT2D eigenvalue weighted by Gasteiger charge is 2.14. The highest BCUT2D eigenvalue weighted by Crippen LogP contribution is 2.24. The third kappa shape index (κ3) is 4.62. The van der Waals surface area contributed by atoms with Gasteiger partial charge in [-0.15, -0.1) is 0 Å². The van der Waals surface area contributed by atoms with Gasteiger partial charge in [0, 0.05) is 17.7 Å². The molecule has 0 aliphatic carbocycles. The molecule has 1 heterocycles. The van der Waals surface area contributed by atoms with Crippen LogP contribution in [0.2, 0.25) is 0 Å². The van der Waals surface area contributed by atoms with Crippen molar-refractivity contribution in [1.29, 1.82) is 0 Å². The zero-order valence-electron chi connectivity index (χ0n) is 14.0. The number of aromatic nitrogens is 2. The van der Waals surface area contributed by atoms with E-state index in [9.17, 15) is 4.79 Å². The zero-order chi connectivity index (χ0) is 17.0. The van der Waals surface area contributed by atoms with Crippen molar-refractivity contribution in [2.45, 2.75) is 33.3 Å². The lowest BCUT2D eigenvalue weighted by atomic mass is 10.2. The Morgan fingerprint density at radius 3 is 2.61 bits per heavy atom. The van der Waals surface area contributed by atoms with E-state index < -0.39 is 11.6 Å². The Morgan fingerprint density at radius 2 is 2.04 bits per heavy atom. The highest BCUT2D eigenvalue weighted by atomic mass is 16.6. The van der Waals surface area contributed by atoms with Crippen molar-refractivity contribution in [1.82, 2.24) is 9.55 Å². The molecule has 0 spiro atoms. The van der Waals surface area contributed by atoms with Gasteiger partial charge in [-0.3, -0.25) is 0 Å². The predicted octanol–water partition coefficient (Wildman–Crippen LogP) is 2.88. The Bertz CT molecular complexity index is 774. The van der Waals surface area contributed by atoms with Crippen LogP contribution in [0.25, 0.3) is 5.69 Å². The number of imidazole rings is 1. The molecule has 5 heteroatoms. The van der Waals surface area contributed by atoms with Crippen molar-refractivity contribution in [3.63, 3.8) is 0 Å². The molecule has 0 amide bonds. The van der Waals surface area contributed by atoms with Gasteiger partial charge < -0.3 is 14.0 Å². The van der Waals surface area contributed by atoms with Gasteiger partial charge in [0.05, 0.1) is 24.8 Å². The normalized spacial score (nSPS) is 10.7. The number of hydrogen-bond acceptors (Lipinski definition) is 4. The van der Waals surface area contributed by atoms with E-state index in [1.165, 1.54) is 0 Å². The lowest BCUT2D eigenvalue weighted by molar-refractivity contribution is -0.147. The highest BCUT2D eigenvalue weighted by molar-refractivity contribution is 5.89. The number of nitrogens with zero attached hydrogens (tertiary/aromatic N) is 2. The van der Waals surface area contributed by atoms with Crippen LogP contribution in [-0.2, 0) is 9.53 Å². The summed E-state index contributed by atoms with van der Waals surface area (Å²) in [6.07, 6.45) is 3.63. The maximum absolute atomic E-state index is 11.6. The van der Waals surface area contributed by atoms with Crippen molar-refractivity contribution in [3.05, 3.63) is 42.0 Å². The second kappa shape index (κ2) is 6.57. The molecular weight excluding hydrogens is 292 g/mol. The molecular formula is C18H20N2O3. The molecule has 0 N–H and O–H groups in total. The number of esters is 1. The molecule has 0 fully saturated rings. The molecule has 0 saturated heterocycles. The lowest BCUT2D eigenvalue weighted by Crippen LogP contribution is -2.22. The van der Waals surface area contributed by atoms with Crippen LogP contribution in [0.4, 0.5) is 0 Å². The smallest absolute Gasteiger partial charge is 0.385 e. The third-order valence-corrected chi connectivity index (χ3v) is 2.88. The van der Waals surface area contributed by atoms with Gasteiger partial charge >= 0.3 is 5.97 Å². The number of methoxy groups -OCH3 is 1. The number of carbonyl (C=O) groups excluding carboxylic acids is 1. The molecule has 2 rings (SSSR count). The van der Waals surface area contributed by atoms with Crippen LogP contribution in [0, 0.1) is 18.8 Å². The third-order valence-electron chi connectivity index (χ3n) is 2.88. The minimum absolute atomic E-state index is 0.549. The molecule has 5 nitrogen and oxygen atoms in total. The Labute approximate surface area is 136 Å². The summed E-state index contributed by atoms with van der Waals surface area (Å²) in [7, 11) is 1.59. The van der Waals surface area contributed by atoms with Gasteiger partial charge in [-0.05, 0) is 45.9 Å². The number of carbonyl (C=O) groups is 1. The van der Waals surface area contributed by atoms with Crippen LogP contribution in [0.5, 0.6) is 5.75 Å². The molecule has 0 aliphatic rings. The lowest BCUT2D eigenvalue weighted by Gasteiger charge is -2.16. The Kier molecular flexibility index (Phi) is 4.75. The minimum Gasteiger partial charge on any atom is -0.495 e. The maximum atomic E-state index is 11.6. The minimum atomic E-state index is -0.550. The van der Waals surface area contributed by atoms with Crippen molar-refractivity contribution < 1.29 is 14.3 Å². The molecule has 23 heavy (non-hydrogen) atoms. The molecule has 0 aliphatic heterocycles. The van der Waals surface area contributed by atoms with E-state index in [0.29, 0.717) is 11.3 Å². The molecule has 1 aromatic carbocycles. The summed E-state index contributed by atoms with van der Waals surface area (Å²) in [6.45, 7) is 7.33. The number of ether oxygens (including phenoxy) is 2. The first kappa shape index (κ1) is 16.6. The van der Waals surface area contributed by atoms with Gasteiger partial charge in [0.2, 0.25) is 0 Å². The molecule has 0 radical (unpaired) electrons. The van der Waals surface area contributed by atoms with Gasteiger partial charge in [-0.2, -0.15) is 0 Å². The summed E-state index contributed by atoms with van der Waals surface area (Å²) in [6, 6.07) is 5.48. The first-order valence-electron chi connectivity index (χ1n) is 7.22. The van der Waals surface area contributed by atoms with E-state index in [4.69, 9.17) is 9.47 Å². The second-order valence-corrected chi connectivity index (χ2v) is 6.06. The maximum Gasteiger partial charge on any atom is 0.385 e. The average molecular weight is 312 g/mol. The largest absolute Gasteiger partial charge is 0.495 e. The monoisotopic (exact) mass is 312 g/mol. The first-order chi connectivity index (χ1) is 10.8. The van der Waals surface area contributed by atoms with Crippen LogP contribution < -0.4 is 4.74 Å². The molecule has 0 bridgehead atoms. The number of hydrogen-bond donors (Lipinski definition) is 0. The van der Waals surface area contributed by atoms with Gasteiger partial charge in [-0.1, -0.05) is 5.92 Å². The fraction of sp³-hybridized carbons (Fsp3) is 0.333. The van der Waals surface area contributed by atoms with E-state index in [-0.39, 0.29) is 0 Å². The summed E-state index contributed by atoms with van der Waals surface area (Å²) >= 11 is 0. The topological polar surface area (TPSA) is 53.4 Å². The number of rotatable bonds is 2. The van der Waals surface area contributed by atoms with Gasteiger partial charge in [0.25, 0.3) is 0 Å². The molecule has 2 aromatic rings. The van der Waals surface area contributed by atoms with Crippen LogP contribution in [0.3, 0.4) is 0 Å². The fourth-order valence-electron chi connectivity index (χ4n) is 1.95. The molecule has 0 unspecified atom stereocenters. The van der Waals surface area contributed by atoms with Crippen molar-refractivity contribution in [2.75, 3.05) is 7.11 Å². The number of benzene rings is 1. The van der Waals surface area contributed by atoms with Crippen LogP contribution in [0.15, 0.2) is 30.7 Å². The quantitative estimate of drug-likeness (QED) is 0.632. The second-order valence-electron chi connectivity index (χ2n) is 6.06. The first-order valence-corrected chi connectivity index (χ1v) is 7.22. The fourth-order valence-corrected chi connectivity index (χ4v) is 1.95. The Balaban J connectivity index is 2.25. The standard InChI is InChI=1S/C18H20N2O3/c1-13-11-20(12-19-13)15-8-6-14(10-16(15)22-5)7-9-17(21)23-18(2,3)4/h6,8,10-12H,1-5H3.